The van der Waals surface area contributed by atoms with E-state index in [1.807, 2.05) is 0 Å². The number of fused-ring (bicyclic) bond motifs is 12. The molecule has 2 aliphatic carbocycles. The molecule has 0 heterocycles. The third-order valence-electron chi connectivity index (χ3n) is 14.0. The summed E-state index contributed by atoms with van der Waals surface area (Å²) in [5, 5.41) is 2.47. The second-order valence-corrected chi connectivity index (χ2v) is 17.6. The van der Waals surface area contributed by atoms with Crippen LogP contribution in [0.15, 0.2) is 267 Å². The molecule has 0 N–H and O–H groups in total. The molecule has 67 heavy (non-hydrogen) atoms. The Morgan fingerprint density at radius 1 is 0.254 bits per heavy atom. The van der Waals surface area contributed by atoms with E-state index in [4.69, 9.17) is 0 Å². The normalized spacial score (nSPS) is 12.6. The molecule has 11 aromatic rings. The van der Waals surface area contributed by atoms with Gasteiger partial charge in [0.25, 0.3) is 0 Å². The summed E-state index contributed by atoms with van der Waals surface area (Å²) in [5.74, 6) is 0. The van der Waals surface area contributed by atoms with E-state index in [1.54, 1.807) is 0 Å². The van der Waals surface area contributed by atoms with Gasteiger partial charge in [-0.1, -0.05) is 206 Å². The van der Waals surface area contributed by atoms with Gasteiger partial charge >= 0.3 is 0 Å². The van der Waals surface area contributed by atoms with Gasteiger partial charge in [-0.2, -0.15) is 0 Å². The van der Waals surface area contributed by atoms with Crippen LogP contribution in [0.2, 0.25) is 0 Å². The van der Waals surface area contributed by atoms with Gasteiger partial charge in [0.05, 0.1) is 11.1 Å². The molecule has 2 aliphatic rings. The largest absolute Gasteiger partial charge is 0.310 e. The van der Waals surface area contributed by atoms with Crippen molar-refractivity contribution in [2.24, 2.45) is 0 Å². The highest BCUT2D eigenvalue weighted by atomic mass is 15.2. The van der Waals surface area contributed by atoms with Gasteiger partial charge in [-0.3, -0.25) is 0 Å². The van der Waals surface area contributed by atoms with Crippen molar-refractivity contribution in [3.05, 3.63) is 289 Å². The van der Waals surface area contributed by atoms with Gasteiger partial charge in [-0.25, -0.2) is 0 Å². The van der Waals surface area contributed by atoms with E-state index in [-0.39, 0.29) is 0 Å². The van der Waals surface area contributed by atoms with E-state index in [1.165, 1.54) is 77.5 Å². The third-order valence-corrected chi connectivity index (χ3v) is 14.0. The third kappa shape index (κ3) is 6.11. The van der Waals surface area contributed by atoms with E-state index in [0.29, 0.717) is 0 Å². The molecule has 0 aromatic heterocycles. The predicted molar refractivity (Wildman–Crippen MR) is 280 cm³/mol. The van der Waals surface area contributed by atoms with Gasteiger partial charge in [0.15, 0.2) is 0 Å². The lowest BCUT2D eigenvalue weighted by atomic mass is 9.70. The van der Waals surface area contributed by atoms with Crippen LogP contribution in [0.4, 0.5) is 34.1 Å². The molecule has 0 unspecified atom stereocenters. The van der Waals surface area contributed by atoms with Crippen LogP contribution in [-0.4, -0.2) is 0 Å². The van der Waals surface area contributed by atoms with Crippen molar-refractivity contribution in [1.29, 1.82) is 0 Å². The van der Waals surface area contributed by atoms with Gasteiger partial charge in [0.2, 0.25) is 0 Å². The second kappa shape index (κ2) is 15.8. The van der Waals surface area contributed by atoms with Gasteiger partial charge in [0.1, 0.15) is 0 Å². The molecular weight excluding hydrogens is 809 g/mol. The SMILES string of the molecule is c1ccc(-c2ccc(N(c3ccccc3)c3cc(N(c4ccccc4)c4ccc(-c5ccccc5)cc4)c4c(c3)C3(c5ccccc5-c5ccccc53)c3ccc5ccccc5c3-4)cc2)cc1. The number of para-hydroxylation sites is 2. The molecule has 0 atom stereocenters. The minimum atomic E-state index is -0.605. The summed E-state index contributed by atoms with van der Waals surface area (Å²) in [6.07, 6.45) is 0. The Bertz CT molecular complexity index is 3560. The minimum absolute atomic E-state index is 0.605. The lowest BCUT2D eigenvalue weighted by molar-refractivity contribution is 0.794. The topological polar surface area (TPSA) is 6.48 Å². The fraction of sp³-hybridized carbons (Fsp3) is 0.0154. The fourth-order valence-electron chi connectivity index (χ4n) is 11.2. The van der Waals surface area contributed by atoms with E-state index in [0.717, 1.165) is 34.1 Å². The number of nitrogens with zero attached hydrogens (tertiary/aromatic N) is 2. The van der Waals surface area contributed by atoms with Crippen LogP contribution in [0, 0.1) is 0 Å². The van der Waals surface area contributed by atoms with Crippen LogP contribution >= 0.6 is 0 Å². The molecule has 0 bridgehead atoms. The lowest BCUT2D eigenvalue weighted by Gasteiger charge is -2.34. The first-order chi connectivity index (χ1) is 33.3. The maximum absolute atomic E-state index is 2.52. The minimum Gasteiger partial charge on any atom is -0.310 e. The van der Waals surface area contributed by atoms with Crippen LogP contribution in [0.1, 0.15) is 22.3 Å². The summed E-state index contributed by atoms with van der Waals surface area (Å²) in [7, 11) is 0. The molecule has 314 valence electrons. The Hall–Kier alpha value is -8.72. The van der Waals surface area contributed by atoms with Crippen molar-refractivity contribution in [2.75, 3.05) is 9.80 Å². The highest BCUT2D eigenvalue weighted by molar-refractivity contribution is 6.11. The zero-order valence-electron chi connectivity index (χ0n) is 36.8. The monoisotopic (exact) mass is 852 g/mol. The van der Waals surface area contributed by atoms with Crippen LogP contribution in [0.5, 0.6) is 0 Å². The first-order valence-electron chi connectivity index (χ1n) is 23.2. The molecule has 2 nitrogen and oxygen atoms in total. The lowest BCUT2D eigenvalue weighted by Crippen LogP contribution is -2.26. The van der Waals surface area contributed by atoms with E-state index in [2.05, 4.69) is 277 Å². The average Bonchev–Trinajstić information content (AvgIpc) is 3.88. The number of hydrogen-bond donors (Lipinski definition) is 0. The van der Waals surface area contributed by atoms with Crippen LogP contribution in [0.25, 0.3) is 55.3 Å². The second-order valence-electron chi connectivity index (χ2n) is 17.6. The first-order valence-corrected chi connectivity index (χ1v) is 23.2. The van der Waals surface area contributed by atoms with Crippen molar-refractivity contribution >= 4 is 44.9 Å². The molecule has 0 aliphatic heterocycles. The summed E-state index contributed by atoms with van der Waals surface area (Å²) in [4.78, 5) is 4.94. The van der Waals surface area contributed by atoms with Crippen molar-refractivity contribution in [1.82, 2.24) is 0 Å². The summed E-state index contributed by atoms with van der Waals surface area (Å²) in [6.45, 7) is 0. The Morgan fingerprint density at radius 3 is 1.25 bits per heavy atom. The zero-order chi connectivity index (χ0) is 44.3. The van der Waals surface area contributed by atoms with Gasteiger partial charge in [0, 0.05) is 34.0 Å². The Morgan fingerprint density at radius 2 is 0.687 bits per heavy atom. The van der Waals surface area contributed by atoms with E-state index in [9.17, 15) is 0 Å². The van der Waals surface area contributed by atoms with E-state index >= 15 is 0 Å². The maximum atomic E-state index is 2.52. The zero-order valence-corrected chi connectivity index (χ0v) is 36.8. The number of hydrogen-bond acceptors (Lipinski definition) is 2. The van der Waals surface area contributed by atoms with Crippen molar-refractivity contribution in [2.45, 2.75) is 5.41 Å². The summed E-state index contributed by atoms with van der Waals surface area (Å²) in [5.41, 5.74) is 21.0. The molecule has 0 radical (unpaired) electrons. The summed E-state index contributed by atoms with van der Waals surface area (Å²) >= 11 is 0. The molecule has 0 saturated carbocycles. The standard InChI is InChI=1S/C65H44N2/c1-5-19-45(20-6-1)47-33-38-52(39-34-47)66(50-24-9-3-10-25-50)54-43-61-64(62(44-54)67(51-26-11-4-12-27-51)53-40-35-48(36-41-53)46-21-7-2-8-22-46)63-55-28-14-13-23-49(55)37-42-60(63)65(61)58-31-17-15-29-56(58)57-30-16-18-32-59(57)65/h1-44H. The average molecular weight is 853 g/mol. The van der Waals surface area contributed by atoms with Crippen LogP contribution in [0.3, 0.4) is 0 Å². The fourth-order valence-corrected chi connectivity index (χ4v) is 11.2. The Balaban J connectivity index is 1.16. The van der Waals surface area contributed by atoms with Gasteiger partial charge < -0.3 is 9.80 Å². The molecule has 0 saturated heterocycles. The van der Waals surface area contributed by atoms with Crippen molar-refractivity contribution < 1.29 is 0 Å². The van der Waals surface area contributed by atoms with Gasteiger partial charge in [-0.05, 0) is 133 Å². The Labute approximate surface area is 391 Å². The van der Waals surface area contributed by atoms with Gasteiger partial charge in [-0.15, -0.1) is 0 Å². The predicted octanol–water partition coefficient (Wildman–Crippen LogP) is 17.5. The van der Waals surface area contributed by atoms with E-state index < -0.39 is 5.41 Å². The maximum Gasteiger partial charge on any atom is 0.0727 e. The van der Waals surface area contributed by atoms with Crippen molar-refractivity contribution in [3.8, 4) is 44.5 Å². The molecular formula is C65H44N2. The number of benzene rings is 11. The highest BCUT2D eigenvalue weighted by Gasteiger charge is 2.53. The first kappa shape index (κ1) is 38.7. The molecule has 13 rings (SSSR count). The smallest absolute Gasteiger partial charge is 0.0727 e. The molecule has 11 aromatic carbocycles. The molecule has 1 spiro atoms. The number of anilines is 6. The molecule has 2 heteroatoms. The van der Waals surface area contributed by atoms with Crippen molar-refractivity contribution in [3.63, 3.8) is 0 Å². The highest BCUT2D eigenvalue weighted by Crippen LogP contribution is 2.66. The van der Waals surface area contributed by atoms with Crippen LogP contribution in [-0.2, 0) is 5.41 Å². The summed E-state index contributed by atoms with van der Waals surface area (Å²) < 4.78 is 0. The molecule has 0 amide bonds. The van der Waals surface area contributed by atoms with Crippen LogP contribution < -0.4 is 9.80 Å². The molecule has 0 fully saturated rings. The summed E-state index contributed by atoms with van der Waals surface area (Å²) in [6, 6.07) is 98.2. The number of rotatable bonds is 8. The Kier molecular flexibility index (Phi) is 9.11. The quantitative estimate of drug-likeness (QED) is 0.150.